The predicted octanol–water partition coefficient (Wildman–Crippen LogP) is -0.410. The molecule has 7 nitrogen and oxygen atoms in total. The molecule has 0 bridgehead atoms. The van der Waals surface area contributed by atoms with Gasteiger partial charge in [0.05, 0.1) is 12.9 Å². The third-order valence-corrected chi connectivity index (χ3v) is 5.87. The van der Waals surface area contributed by atoms with Gasteiger partial charge in [-0.1, -0.05) is 0 Å². The van der Waals surface area contributed by atoms with Gasteiger partial charge in [0.2, 0.25) is 10.0 Å². The Kier molecular flexibility index (Phi) is 5.16. The minimum atomic E-state index is -3.10. The molecule has 0 spiro atoms. The maximum absolute atomic E-state index is 12.3. The summed E-state index contributed by atoms with van der Waals surface area (Å²) in [5.74, 6) is -0.0224. The van der Waals surface area contributed by atoms with Gasteiger partial charge in [0.25, 0.3) is 5.91 Å². The lowest BCUT2D eigenvalue weighted by Crippen LogP contribution is -2.61. The Bertz CT molecular complexity index is 514. The van der Waals surface area contributed by atoms with Gasteiger partial charge in [0.15, 0.2) is 5.60 Å². The molecule has 2 aliphatic heterocycles. The molecular weight excluding hydrogens is 306 g/mol. The van der Waals surface area contributed by atoms with Crippen LogP contribution in [0.15, 0.2) is 0 Å². The number of carbonyl (C=O) groups excluding carboxylic acids is 1. The van der Waals surface area contributed by atoms with Crippen molar-refractivity contribution in [3.05, 3.63) is 0 Å². The van der Waals surface area contributed by atoms with E-state index in [1.807, 2.05) is 6.92 Å². The number of sulfonamides is 1. The fraction of sp³-hybridized carbons (Fsp3) is 0.929. The summed E-state index contributed by atoms with van der Waals surface area (Å²) in [6.45, 7) is 4.83. The van der Waals surface area contributed by atoms with Crippen LogP contribution in [0.4, 0.5) is 0 Å². The molecule has 2 rings (SSSR count). The molecule has 1 atom stereocenters. The second kappa shape index (κ2) is 6.43. The van der Waals surface area contributed by atoms with E-state index in [9.17, 15) is 13.2 Å². The average molecular weight is 333 g/mol. The summed E-state index contributed by atoms with van der Waals surface area (Å²) in [6, 6.07) is 0.316. The van der Waals surface area contributed by atoms with Crippen molar-refractivity contribution in [2.24, 2.45) is 0 Å². The van der Waals surface area contributed by atoms with E-state index in [0.717, 1.165) is 19.4 Å². The Hall–Kier alpha value is -0.700. The van der Waals surface area contributed by atoms with Crippen LogP contribution in [-0.4, -0.2) is 93.2 Å². The van der Waals surface area contributed by atoms with E-state index in [4.69, 9.17) is 4.74 Å². The maximum atomic E-state index is 12.3. The normalized spacial score (nSPS) is 29.5. The van der Waals surface area contributed by atoms with Crippen molar-refractivity contribution >= 4 is 15.9 Å². The van der Waals surface area contributed by atoms with Crippen LogP contribution in [0.1, 0.15) is 19.8 Å². The summed E-state index contributed by atoms with van der Waals surface area (Å²) in [5.41, 5.74) is -0.810. The third kappa shape index (κ3) is 3.79. The highest BCUT2D eigenvalue weighted by Crippen LogP contribution is 2.25. The largest absolute Gasteiger partial charge is 0.363 e. The lowest BCUT2D eigenvalue weighted by molar-refractivity contribution is -0.167. The molecule has 2 saturated heterocycles. The van der Waals surface area contributed by atoms with Crippen LogP contribution in [0.3, 0.4) is 0 Å². The monoisotopic (exact) mass is 333 g/mol. The molecule has 22 heavy (non-hydrogen) atoms. The van der Waals surface area contributed by atoms with Gasteiger partial charge in [-0.05, 0) is 19.8 Å². The number of amides is 1. The van der Waals surface area contributed by atoms with Crippen molar-refractivity contribution in [1.29, 1.82) is 0 Å². The van der Waals surface area contributed by atoms with E-state index in [-0.39, 0.29) is 5.91 Å². The first-order valence-corrected chi connectivity index (χ1v) is 9.53. The molecule has 128 valence electrons. The van der Waals surface area contributed by atoms with Crippen molar-refractivity contribution in [2.75, 3.05) is 53.1 Å². The summed E-state index contributed by atoms with van der Waals surface area (Å²) in [6.07, 6.45) is 2.87. The van der Waals surface area contributed by atoms with Crippen LogP contribution in [0, 0.1) is 0 Å². The van der Waals surface area contributed by atoms with Gasteiger partial charge in [-0.2, -0.15) is 0 Å². The molecule has 0 radical (unpaired) electrons. The first-order chi connectivity index (χ1) is 10.1. The molecule has 8 heteroatoms. The van der Waals surface area contributed by atoms with E-state index in [0.29, 0.717) is 32.3 Å². The molecular formula is C14H27N3O4S. The van der Waals surface area contributed by atoms with Crippen molar-refractivity contribution in [1.82, 2.24) is 14.1 Å². The van der Waals surface area contributed by atoms with Crippen molar-refractivity contribution < 1.29 is 17.9 Å². The molecule has 1 amide bonds. The first-order valence-electron chi connectivity index (χ1n) is 7.68. The number of carbonyl (C=O) groups is 1. The van der Waals surface area contributed by atoms with E-state index >= 15 is 0 Å². The zero-order valence-electron chi connectivity index (χ0n) is 13.9. The number of hydrogen-bond donors (Lipinski definition) is 0. The van der Waals surface area contributed by atoms with Gasteiger partial charge in [-0.3, -0.25) is 9.69 Å². The fourth-order valence-corrected chi connectivity index (χ4v) is 4.23. The van der Waals surface area contributed by atoms with E-state index in [1.54, 1.807) is 19.0 Å². The molecule has 2 heterocycles. The number of piperidine rings is 1. The molecule has 0 aromatic heterocycles. The Morgan fingerprint density at radius 2 is 1.82 bits per heavy atom. The maximum Gasteiger partial charge on any atom is 0.255 e. The van der Waals surface area contributed by atoms with Crippen LogP contribution < -0.4 is 0 Å². The summed E-state index contributed by atoms with van der Waals surface area (Å²) in [5, 5.41) is 0. The van der Waals surface area contributed by atoms with Gasteiger partial charge in [-0.15, -0.1) is 0 Å². The third-order valence-electron chi connectivity index (χ3n) is 4.57. The van der Waals surface area contributed by atoms with Gasteiger partial charge >= 0.3 is 0 Å². The number of ether oxygens (including phenoxy) is 1. The van der Waals surface area contributed by atoms with Crippen LogP contribution in [0.5, 0.6) is 0 Å². The average Bonchev–Trinajstić information content (AvgIpc) is 2.45. The minimum absolute atomic E-state index is 0.0224. The van der Waals surface area contributed by atoms with E-state index in [1.165, 1.54) is 10.6 Å². The number of hydrogen-bond acceptors (Lipinski definition) is 5. The minimum Gasteiger partial charge on any atom is -0.363 e. The molecule has 2 aliphatic rings. The van der Waals surface area contributed by atoms with Crippen LogP contribution in [-0.2, 0) is 19.6 Å². The lowest BCUT2D eigenvalue weighted by Gasteiger charge is -2.45. The van der Waals surface area contributed by atoms with Crippen molar-refractivity contribution in [3.63, 3.8) is 0 Å². The zero-order valence-corrected chi connectivity index (χ0v) is 14.7. The highest BCUT2D eigenvalue weighted by molar-refractivity contribution is 7.88. The SMILES string of the molecule is CN(C)C(=O)C1(C)CN(C2CCN(S(C)(=O)=O)CC2)CCO1. The fourth-order valence-electron chi connectivity index (χ4n) is 3.35. The first kappa shape index (κ1) is 17.7. The van der Waals surface area contributed by atoms with Crippen LogP contribution in [0.2, 0.25) is 0 Å². The van der Waals surface area contributed by atoms with Gasteiger partial charge in [0.1, 0.15) is 0 Å². The number of morpholine rings is 1. The van der Waals surface area contributed by atoms with Gasteiger partial charge < -0.3 is 9.64 Å². The smallest absolute Gasteiger partial charge is 0.255 e. The summed E-state index contributed by atoms with van der Waals surface area (Å²) >= 11 is 0. The second-order valence-electron chi connectivity index (χ2n) is 6.64. The Morgan fingerprint density at radius 1 is 1.23 bits per heavy atom. The van der Waals surface area contributed by atoms with E-state index < -0.39 is 15.6 Å². The second-order valence-corrected chi connectivity index (χ2v) is 8.63. The summed E-state index contributed by atoms with van der Waals surface area (Å²) < 4.78 is 30.4. The molecule has 0 aliphatic carbocycles. The zero-order chi connectivity index (χ0) is 16.5. The van der Waals surface area contributed by atoms with E-state index in [2.05, 4.69) is 4.90 Å². The molecule has 1 unspecified atom stereocenters. The number of likely N-dealkylation sites (N-methyl/N-ethyl adjacent to an activating group) is 1. The summed E-state index contributed by atoms with van der Waals surface area (Å²) in [7, 11) is 0.375. The molecule has 0 N–H and O–H groups in total. The lowest BCUT2D eigenvalue weighted by atomic mass is 9.98. The molecule has 0 aromatic carbocycles. The molecule has 0 saturated carbocycles. The van der Waals surface area contributed by atoms with Crippen LogP contribution in [0.25, 0.3) is 0 Å². The topological polar surface area (TPSA) is 70.2 Å². The predicted molar refractivity (Wildman–Crippen MR) is 84.1 cm³/mol. The molecule has 2 fully saturated rings. The van der Waals surface area contributed by atoms with Gasteiger partial charge in [-0.25, -0.2) is 12.7 Å². The quantitative estimate of drug-likeness (QED) is 0.702. The Morgan fingerprint density at radius 3 is 2.32 bits per heavy atom. The standard InChI is InChI=1S/C14H27N3O4S/c1-14(13(18)15(2)3)11-16(9-10-21-14)12-5-7-17(8-6-12)22(4,19)20/h12H,5-11H2,1-4H3. The van der Waals surface area contributed by atoms with Crippen molar-refractivity contribution in [2.45, 2.75) is 31.4 Å². The molecule has 0 aromatic rings. The number of rotatable bonds is 3. The highest BCUT2D eigenvalue weighted by atomic mass is 32.2. The highest BCUT2D eigenvalue weighted by Gasteiger charge is 2.42. The van der Waals surface area contributed by atoms with Crippen molar-refractivity contribution in [3.8, 4) is 0 Å². The number of nitrogens with zero attached hydrogens (tertiary/aromatic N) is 3. The van der Waals surface area contributed by atoms with Crippen LogP contribution >= 0.6 is 0 Å². The van der Waals surface area contributed by atoms with Gasteiger partial charge in [0, 0.05) is 46.3 Å². The summed E-state index contributed by atoms with van der Waals surface area (Å²) in [4.78, 5) is 16.2. The Balaban J connectivity index is 1.98. The Labute approximate surface area is 133 Å².